The van der Waals surface area contributed by atoms with Gasteiger partial charge >= 0.3 is 5.97 Å². The highest BCUT2D eigenvalue weighted by atomic mass is 32.2. The number of carbonyl (C=O) groups excluding carboxylic acids is 1. The van der Waals surface area contributed by atoms with Crippen molar-refractivity contribution >= 4 is 44.7 Å². The van der Waals surface area contributed by atoms with Gasteiger partial charge in [0.1, 0.15) is 5.75 Å². The quantitative estimate of drug-likeness (QED) is 0.215. The second kappa shape index (κ2) is 11.5. The minimum atomic E-state index is -3.58. The number of pyridine rings is 1. The van der Waals surface area contributed by atoms with E-state index in [4.69, 9.17) is 21.7 Å². The lowest BCUT2D eigenvalue weighted by Crippen LogP contribution is -2.29. The summed E-state index contributed by atoms with van der Waals surface area (Å²) in [5.41, 5.74) is 5.63. The van der Waals surface area contributed by atoms with Gasteiger partial charge in [-0.2, -0.15) is 0 Å². The first-order valence-corrected chi connectivity index (χ1v) is 15.4. The number of thiocarbonyl (C=S) groups is 1. The Bertz CT molecular complexity index is 1770. The summed E-state index contributed by atoms with van der Waals surface area (Å²) in [6.45, 7) is 3.98. The van der Waals surface area contributed by atoms with Gasteiger partial charge in [0.2, 0.25) is 10.0 Å². The van der Waals surface area contributed by atoms with Crippen LogP contribution in [0, 0.1) is 13.8 Å². The van der Waals surface area contributed by atoms with Crippen molar-refractivity contribution in [2.75, 3.05) is 30.1 Å². The summed E-state index contributed by atoms with van der Waals surface area (Å²) in [6.07, 6.45) is 2.82. The summed E-state index contributed by atoms with van der Waals surface area (Å²) in [6, 6.07) is 19.6. The van der Waals surface area contributed by atoms with Crippen molar-refractivity contribution in [2.24, 2.45) is 0 Å². The zero-order chi connectivity index (χ0) is 30.2. The molecule has 42 heavy (non-hydrogen) atoms. The Morgan fingerprint density at radius 3 is 2.45 bits per heavy atom. The molecule has 1 saturated heterocycles. The topological polar surface area (TPSA) is 115 Å². The molecule has 10 nitrogen and oxygen atoms in total. The van der Waals surface area contributed by atoms with Gasteiger partial charge in [-0.15, -0.1) is 0 Å². The summed E-state index contributed by atoms with van der Waals surface area (Å²) >= 11 is 5.89. The molecule has 0 amide bonds. The zero-order valence-corrected chi connectivity index (χ0v) is 25.4. The number of hydrogen-bond acceptors (Lipinski definition) is 7. The molecule has 1 aliphatic rings. The Morgan fingerprint density at radius 1 is 1.05 bits per heavy atom. The van der Waals surface area contributed by atoms with E-state index >= 15 is 0 Å². The van der Waals surface area contributed by atoms with Crippen LogP contribution >= 0.6 is 12.2 Å². The highest BCUT2D eigenvalue weighted by Crippen LogP contribution is 2.45. The van der Waals surface area contributed by atoms with Gasteiger partial charge in [-0.1, -0.05) is 18.2 Å². The maximum absolute atomic E-state index is 12.7. The summed E-state index contributed by atoms with van der Waals surface area (Å²) in [7, 11) is -0.743. The fraction of sp³-hybridized carbons (Fsp3) is 0.233. The lowest BCUT2D eigenvalue weighted by atomic mass is 9.96. The van der Waals surface area contributed by atoms with Crippen LogP contribution in [0.2, 0.25) is 0 Å². The van der Waals surface area contributed by atoms with E-state index in [2.05, 4.69) is 21.1 Å². The number of aromatic nitrogens is 2. The maximum Gasteiger partial charge on any atom is 0.339 e. The Kier molecular flexibility index (Phi) is 7.93. The van der Waals surface area contributed by atoms with Gasteiger partial charge < -0.3 is 24.3 Å². The third kappa shape index (κ3) is 5.42. The van der Waals surface area contributed by atoms with Crippen LogP contribution in [0.25, 0.3) is 5.69 Å². The molecule has 2 atom stereocenters. The number of anilines is 2. The number of aryl methyl sites for hydroxylation is 1. The average molecular weight is 606 g/mol. The molecule has 12 heteroatoms. The number of benzene rings is 2. The Balaban J connectivity index is 1.70. The summed E-state index contributed by atoms with van der Waals surface area (Å²) < 4.78 is 39.3. The Hall–Kier alpha value is -4.42. The lowest BCUT2D eigenvalue weighted by Gasteiger charge is -2.29. The van der Waals surface area contributed by atoms with E-state index in [1.807, 2.05) is 59.7 Å². The highest BCUT2D eigenvalue weighted by Gasteiger charge is 2.42. The largest absolute Gasteiger partial charge is 0.495 e. The minimum Gasteiger partial charge on any atom is -0.495 e. The molecular weight excluding hydrogens is 574 g/mol. The van der Waals surface area contributed by atoms with Crippen molar-refractivity contribution in [1.82, 2.24) is 14.9 Å². The van der Waals surface area contributed by atoms with E-state index in [1.54, 1.807) is 30.5 Å². The molecule has 1 aliphatic heterocycles. The van der Waals surface area contributed by atoms with Crippen LogP contribution in [-0.2, 0) is 14.8 Å². The SMILES string of the molecule is COC(=O)c1ccccc1-n1c(C)cc([C@@H]2[C@H](c3ccccn3)NC(=S)N2c2ccc(OC)c(NS(C)(=O)=O)c2)c1C. The first-order valence-electron chi connectivity index (χ1n) is 13.1. The van der Waals surface area contributed by atoms with Crippen LogP contribution in [0.4, 0.5) is 11.4 Å². The van der Waals surface area contributed by atoms with Crippen LogP contribution in [-0.4, -0.2) is 49.5 Å². The minimum absolute atomic E-state index is 0.290. The predicted octanol–water partition coefficient (Wildman–Crippen LogP) is 4.83. The van der Waals surface area contributed by atoms with Crippen molar-refractivity contribution in [1.29, 1.82) is 0 Å². The van der Waals surface area contributed by atoms with Crippen molar-refractivity contribution in [2.45, 2.75) is 25.9 Å². The number of carbonyl (C=O) groups is 1. The number of hydrogen-bond donors (Lipinski definition) is 2. The molecular formula is C30H31N5O5S2. The fourth-order valence-corrected chi connectivity index (χ4v) is 6.39. The van der Waals surface area contributed by atoms with Gasteiger partial charge in [0.25, 0.3) is 0 Å². The molecule has 0 saturated carbocycles. The molecule has 0 unspecified atom stereocenters. The molecule has 0 aliphatic carbocycles. The van der Waals surface area contributed by atoms with E-state index in [1.165, 1.54) is 14.2 Å². The molecule has 0 bridgehead atoms. The molecule has 1 fully saturated rings. The third-order valence-corrected chi connectivity index (χ3v) is 8.10. The van der Waals surface area contributed by atoms with Crippen molar-refractivity contribution in [3.8, 4) is 11.4 Å². The second-order valence-corrected chi connectivity index (χ2v) is 12.1. The molecule has 2 aromatic heterocycles. The van der Waals surface area contributed by atoms with Crippen molar-refractivity contribution in [3.05, 3.63) is 101 Å². The van der Waals surface area contributed by atoms with Gasteiger partial charge in [0.05, 0.1) is 55.2 Å². The molecule has 218 valence electrons. The number of sulfonamides is 1. The molecule has 0 spiro atoms. The summed E-state index contributed by atoms with van der Waals surface area (Å²) in [5, 5.41) is 3.89. The van der Waals surface area contributed by atoms with E-state index in [9.17, 15) is 13.2 Å². The monoisotopic (exact) mass is 605 g/mol. The van der Waals surface area contributed by atoms with Gasteiger partial charge in [0, 0.05) is 23.3 Å². The van der Waals surface area contributed by atoms with Crippen molar-refractivity contribution < 1.29 is 22.7 Å². The number of nitrogens with one attached hydrogen (secondary N) is 2. The highest BCUT2D eigenvalue weighted by molar-refractivity contribution is 7.92. The molecule has 5 rings (SSSR count). The van der Waals surface area contributed by atoms with E-state index in [0.29, 0.717) is 27.8 Å². The first kappa shape index (κ1) is 29.1. The third-order valence-electron chi connectivity index (χ3n) is 7.19. The van der Waals surface area contributed by atoms with Gasteiger partial charge in [-0.05, 0) is 80.2 Å². The van der Waals surface area contributed by atoms with Crippen LogP contribution < -0.4 is 19.7 Å². The molecule has 2 aromatic carbocycles. The number of methoxy groups -OCH3 is 2. The fourth-order valence-electron chi connectivity index (χ4n) is 5.48. The standard InChI is InChI=1S/C30H31N5O5S2/c1-18-16-22(19(2)34(18)25-12-7-6-10-21(25)29(36)40-4)28-27(23-11-8-9-15-31-23)32-30(41)35(28)20-13-14-26(39-3)24(17-20)33-42(5,37)38/h6-17,27-28,33H,1-5H3,(H,32,41)/t27-,28+/m0/s1. The summed E-state index contributed by atoms with van der Waals surface area (Å²) in [5.74, 6) is -0.0573. The van der Waals surface area contributed by atoms with Crippen LogP contribution in [0.15, 0.2) is 72.9 Å². The van der Waals surface area contributed by atoms with Gasteiger partial charge in [0.15, 0.2) is 5.11 Å². The number of ether oxygens (including phenoxy) is 2. The predicted molar refractivity (Wildman–Crippen MR) is 166 cm³/mol. The Morgan fingerprint density at radius 2 is 1.79 bits per heavy atom. The average Bonchev–Trinajstić information content (AvgIpc) is 3.46. The lowest BCUT2D eigenvalue weighted by molar-refractivity contribution is 0.0600. The van der Waals surface area contributed by atoms with Crippen LogP contribution in [0.1, 0.15) is 45.1 Å². The van der Waals surface area contributed by atoms with Crippen LogP contribution in [0.3, 0.4) is 0 Å². The van der Waals surface area contributed by atoms with E-state index in [0.717, 1.165) is 28.9 Å². The molecule has 2 N–H and O–H groups in total. The normalized spacial score (nSPS) is 16.7. The smallest absolute Gasteiger partial charge is 0.339 e. The number of esters is 1. The van der Waals surface area contributed by atoms with Gasteiger partial charge in [-0.3, -0.25) is 9.71 Å². The Labute approximate surface area is 250 Å². The van der Waals surface area contributed by atoms with Crippen molar-refractivity contribution in [3.63, 3.8) is 0 Å². The molecule has 3 heterocycles. The molecule has 0 radical (unpaired) electrons. The first-order chi connectivity index (χ1) is 20.0. The maximum atomic E-state index is 12.7. The molecule has 4 aromatic rings. The van der Waals surface area contributed by atoms with E-state index in [-0.39, 0.29) is 17.8 Å². The van der Waals surface area contributed by atoms with Gasteiger partial charge in [-0.25, -0.2) is 13.2 Å². The van der Waals surface area contributed by atoms with Crippen LogP contribution in [0.5, 0.6) is 5.75 Å². The summed E-state index contributed by atoms with van der Waals surface area (Å²) in [4.78, 5) is 19.2. The number of nitrogens with zero attached hydrogens (tertiary/aromatic N) is 3. The zero-order valence-electron chi connectivity index (χ0n) is 23.8. The van der Waals surface area contributed by atoms with E-state index < -0.39 is 16.0 Å². The number of para-hydroxylation sites is 1. The number of rotatable bonds is 8. The second-order valence-electron chi connectivity index (χ2n) is 9.93.